The molecule has 2 aromatic rings. The molecular formula is C25H30FN5O4. The summed E-state index contributed by atoms with van der Waals surface area (Å²) in [5.41, 5.74) is 1.23. The highest BCUT2D eigenvalue weighted by molar-refractivity contribution is 5.95. The van der Waals surface area contributed by atoms with Crippen LogP contribution in [0.5, 0.6) is 0 Å². The van der Waals surface area contributed by atoms with Crippen LogP contribution >= 0.6 is 0 Å². The summed E-state index contributed by atoms with van der Waals surface area (Å²) in [7, 11) is 0. The van der Waals surface area contributed by atoms with Gasteiger partial charge < -0.3 is 24.6 Å². The normalized spacial score (nSPS) is 24.8. The third kappa shape index (κ3) is 5.46. The van der Waals surface area contributed by atoms with Crippen molar-refractivity contribution < 1.29 is 23.5 Å². The predicted octanol–water partition coefficient (Wildman–Crippen LogP) is 2.77. The van der Waals surface area contributed by atoms with E-state index in [9.17, 15) is 19.2 Å². The number of anilines is 1. The van der Waals surface area contributed by atoms with Crippen LogP contribution in [0.15, 0.2) is 30.5 Å². The van der Waals surface area contributed by atoms with Gasteiger partial charge >= 0.3 is 6.09 Å². The Labute approximate surface area is 203 Å². The van der Waals surface area contributed by atoms with Gasteiger partial charge in [0, 0.05) is 30.4 Å². The van der Waals surface area contributed by atoms with Crippen LogP contribution in [0.1, 0.15) is 33.3 Å². The molecular weight excluding hydrogens is 453 g/mol. The molecule has 2 aliphatic rings. The van der Waals surface area contributed by atoms with E-state index in [0.29, 0.717) is 17.6 Å². The number of alkyl halides is 1. The lowest BCUT2D eigenvalue weighted by molar-refractivity contribution is -0.138. The van der Waals surface area contributed by atoms with Gasteiger partial charge in [-0.15, -0.1) is 0 Å². The Hall–Kier alpha value is -3.45. The molecule has 0 aliphatic carbocycles. The number of carbonyl (C=O) groups is 2. The van der Waals surface area contributed by atoms with Gasteiger partial charge in [0.15, 0.2) is 6.10 Å². The number of fused-ring (bicyclic) bond motifs is 1. The summed E-state index contributed by atoms with van der Waals surface area (Å²) in [4.78, 5) is 33.0. The third-order valence-corrected chi connectivity index (χ3v) is 5.99. The Morgan fingerprint density at radius 1 is 1.23 bits per heavy atom. The number of amides is 2. The average Bonchev–Trinajstić information content (AvgIpc) is 3.17. The first-order chi connectivity index (χ1) is 16.6. The number of aromatic nitrogens is 1. The van der Waals surface area contributed by atoms with E-state index < -0.39 is 35.9 Å². The van der Waals surface area contributed by atoms with Crippen molar-refractivity contribution in [1.82, 2.24) is 15.2 Å². The molecule has 2 amide bonds. The monoisotopic (exact) mass is 483 g/mol. The highest BCUT2D eigenvalue weighted by Crippen LogP contribution is 2.30. The van der Waals surface area contributed by atoms with Crippen molar-refractivity contribution in [1.29, 1.82) is 5.26 Å². The topological polar surface area (TPSA) is 108 Å². The highest BCUT2D eigenvalue weighted by Gasteiger charge is 2.40. The van der Waals surface area contributed by atoms with Crippen molar-refractivity contribution in [3.63, 3.8) is 0 Å². The minimum Gasteiger partial charge on any atom is -0.444 e. The van der Waals surface area contributed by atoms with E-state index in [4.69, 9.17) is 9.47 Å². The number of morpholine rings is 1. The first kappa shape index (κ1) is 24.7. The number of nitrogens with one attached hydrogen (secondary N) is 1. The SMILES string of the molecule is C[C@@H]1CN(c2ccc(C#N)c3ncccc23)C[C@H](C(=O)N[C@@H]2CN(C(=O)OC(C)(C)C)C[C@@H]2F)O1. The van der Waals surface area contributed by atoms with Crippen molar-refractivity contribution in [3.8, 4) is 6.07 Å². The van der Waals surface area contributed by atoms with Crippen molar-refractivity contribution >= 4 is 28.6 Å². The van der Waals surface area contributed by atoms with E-state index in [1.54, 1.807) is 39.1 Å². The van der Waals surface area contributed by atoms with Crippen molar-refractivity contribution in [3.05, 3.63) is 36.0 Å². The summed E-state index contributed by atoms with van der Waals surface area (Å²) in [5, 5.41) is 13.0. The van der Waals surface area contributed by atoms with Crippen LogP contribution in [0.2, 0.25) is 0 Å². The molecule has 1 aromatic carbocycles. The number of pyridine rings is 1. The summed E-state index contributed by atoms with van der Waals surface area (Å²) in [6.45, 7) is 7.79. The zero-order chi connectivity index (χ0) is 25.3. The molecule has 3 heterocycles. The van der Waals surface area contributed by atoms with Crippen LogP contribution in [0.4, 0.5) is 14.9 Å². The predicted molar refractivity (Wildman–Crippen MR) is 128 cm³/mol. The Morgan fingerprint density at radius 2 is 2.00 bits per heavy atom. The summed E-state index contributed by atoms with van der Waals surface area (Å²) >= 11 is 0. The van der Waals surface area contributed by atoms with E-state index in [1.807, 2.05) is 24.0 Å². The number of hydrogen-bond donors (Lipinski definition) is 1. The maximum Gasteiger partial charge on any atom is 0.410 e. The number of nitrogens with zero attached hydrogens (tertiary/aromatic N) is 4. The van der Waals surface area contributed by atoms with Crippen molar-refractivity contribution in [2.45, 2.75) is 57.7 Å². The Kier molecular flexibility index (Phi) is 6.81. The molecule has 4 atom stereocenters. The largest absolute Gasteiger partial charge is 0.444 e. The number of benzene rings is 1. The number of carbonyl (C=O) groups excluding carboxylic acids is 2. The van der Waals surface area contributed by atoms with Gasteiger partial charge in [-0.3, -0.25) is 9.78 Å². The molecule has 0 spiro atoms. The lowest BCUT2D eigenvalue weighted by atomic mass is 10.1. The highest BCUT2D eigenvalue weighted by atomic mass is 19.1. The van der Waals surface area contributed by atoms with Crippen LogP contribution < -0.4 is 10.2 Å². The Balaban J connectivity index is 1.46. The van der Waals surface area contributed by atoms with Gasteiger partial charge in [-0.2, -0.15) is 5.26 Å². The van der Waals surface area contributed by atoms with Crippen LogP contribution in [0, 0.1) is 11.3 Å². The van der Waals surface area contributed by atoms with Crippen LogP contribution in [-0.4, -0.2) is 78.1 Å². The Bertz CT molecular complexity index is 1160. The quantitative estimate of drug-likeness (QED) is 0.715. The maximum atomic E-state index is 14.7. The second-order valence-electron chi connectivity index (χ2n) is 10.0. The first-order valence-corrected chi connectivity index (χ1v) is 11.7. The lowest BCUT2D eigenvalue weighted by Crippen LogP contribution is -2.55. The van der Waals surface area contributed by atoms with E-state index >= 15 is 0 Å². The molecule has 35 heavy (non-hydrogen) atoms. The fourth-order valence-electron chi connectivity index (χ4n) is 4.47. The van der Waals surface area contributed by atoms with Gasteiger partial charge in [-0.05, 0) is 52.0 Å². The number of rotatable bonds is 3. The van der Waals surface area contributed by atoms with Gasteiger partial charge in [-0.1, -0.05) is 0 Å². The zero-order valence-electron chi connectivity index (χ0n) is 20.3. The van der Waals surface area contributed by atoms with E-state index in [-0.39, 0.29) is 25.7 Å². The second kappa shape index (κ2) is 9.66. The van der Waals surface area contributed by atoms with Gasteiger partial charge in [-0.25, -0.2) is 9.18 Å². The molecule has 2 saturated heterocycles. The summed E-state index contributed by atoms with van der Waals surface area (Å²) < 4.78 is 25.9. The van der Waals surface area contributed by atoms with E-state index in [1.165, 1.54) is 4.90 Å². The molecule has 0 saturated carbocycles. The number of nitriles is 1. The van der Waals surface area contributed by atoms with E-state index in [0.717, 1.165) is 11.1 Å². The Morgan fingerprint density at radius 3 is 2.71 bits per heavy atom. The molecule has 2 aliphatic heterocycles. The molecule has 1 N–H and O–H groups in total. The molecule has 2 fully saturated rings. The number of halogens is 1. The fraction of sp³-hybridized carbons (Fsp3) is 0.520. The molecule has 4 rings (SSSR count). The van der Waals surface area contributed by atoms with Crippen LogP contribution in [0.25, 0.3) is 10.9 Å². The summed E-state index contributed by atoms with van der Waals surface area (Å²) in [5.74, 6) is -0.434. The molecule has 186 valence electrons. The van der Waals surface area contributed by atoms with Gasteiger partial charge in [0.25, 0.3) is 5.91 Å². The minimum atomic E-state index is -1.41. The molecule has 0 radical (unpaired) electrons. The smallest absolute Gasteiger partial charge is 0.410 e. The molecule has 9 nitrogen and oxygen atoms in total. The summed E-state index contributed by atoms with van der Waals surface area (Å²) in [6.07, 6.45) is -1.46. The van der Waals surface area contributed by atoms with Gasteiger partial charge in [0.2, 0.25) is 0 Å². The van der Waals surface area contributed by atoms with Gasteiger partial charge in [0.05, 0.1) is 36.3 Å². The summed E-state index contributed by atoms with van der Waals surface area (Å²) in [6, 6.07) is 8.59. The van der Waals surface area contributed by atoms with Crippen molar-refractivity contribution in [2.75, 3.05) is 31.1 Å². The lowest BCUT2D eigenvalue weighted by Gasteiger charge is -2.38. The fourth-order valence-corrected chi connectivity index (χ4v) is 4.47. The standard InChI is InChI=1S/C25H30FN5O4/c1-15-11-30(20-8-7-16(10-27)22-17(20)6-5-9-28-22)14-21(34-15)23(32)29-19-13-31(12-18(19)26)24(33)35-25(2,3)4/h5-9,15,18-19,21H,11-14H2,1-4H3,(H,29,32)/t15-,18+,19-,21-/m1/s1. The molecule has 1 aromatic heterocycles. The van der Waals surface area contributed by atoms with Crippen molar-refractivity contribution in [2.24, 2.45) is 0 Å². The molecule has 0 bridgehead atoms. The number of hydrogen-bond acceptors (Lipinski definition) is 7. The van der Waals surface area contributed by atoms with Crippen LogP contribution in [0.3, 0.4) is 0 Å². The average molecular weight is 484 g/mol. The minimum absolute atomic E-state index is 0.0275. The molecule has 10 heteroatoms. The third-order valence-electron chi connectivity index (χ3n) is 5.99. The van der Waals surface area contributed by atoms with Gasteiger partial charge in [0.1, 0.15) is 17.8 Å². The molecule has 0 unspecified atom stereocenters. The first-order valence-electron chi connectivity index (χ1n) is 11.7. The maximum absolute atomic E-state index is 14.7. The van der Waals surface area contributed by atoms with Crippen LogP contribution in [-0.2, 0) is 14.3 Å². The number of ether oxygens (including phenoxy) is 2. The number of likely N-dealkylation sites (tertiary alicyclic amines) is 1. The zero-order valence-corrected chi connectivity index (χ0v) is 20.3. The second-order valence-corrected chi connectivity index (χ2v) is 10.0. The van der Waals surface area contributed by atoms with E-state index in [2.05, 4.69) is 16.4 Å².